The number of hydrogen-bond acceptors (Lipinski definition) is 1. The number of alkyl halides is 1. The first-order valence-corrected chi connectivity index (χ1v) is 8.31. The monoisotopic (exact) mass is 388 g/mol. The van der Waals surface area contributed by atoms with E-state index in [4.69, 9.17) is 23.2 Å². The first-order valence-electron chi connectivity index (χ1n) is 5.82. The summed E-state index contributed by atoms with van der Waals surface area (Å²) >= 11 is 17.4. The van der Waals surface area contributed by atoms with Gasteiger partial charge in [-0.1, -0.05) is 29.8 Å². The van der Waals surface area contributed by atoms with Crippen molar-refractivity contribution in [2.45, 2.75) is 5.38 Å². The average Bonchev–Trinajstić information content (AvgIpc) is 2.86. The molecule has 1 atom stereocenters. The van der Waals surface area contributed by atoms with E-state index in [1.807, 2.05) is 23.6 Å². The molecule has 20 heavy (non-hydrogen) atoms. The zero-order valence-corrected chi connectivity index (χ0v) is 14.0. The highest BCUT2D eigenvalue weighted by molar-refractivity contribution is 9.10. The van der Waals surface area contributed by atoms with E-state index < -0.39 is 11.2 Å². The summed E-state index contributed by atoms with van der Waals surface area (Å²) in [6, 6.07) is 10.7. The van der Waals surface area contributed by atoms with Crippen molar-refractivity contribution in [1.29, 1.82) is 0 Å². The van der Waals surface area contributed by atoms with Crippen molar-refractivity contribution < 1.29 is 4.39 Å². The highest BCUT2D eigenvalue weighted by Gasteiger charge is 2.17. The number of rotatable bonds is 2. The van der Waals surface area contributed by atoms with Crippen LogP contribution < -0.4 is 0 Å². The van der Waals surface area contributed by atoms with Crippen LogP contribution >= 0.6 is 50.5 Å². The van der Waals surface area contributed by atoms with Crippen molar-refractivity contribution in [3.8, 4) is 0 Å². The molecular weight excluding hydrogens is 382 g/mol. The minimum atomic E-state index is -0.449. The molecule has 102 valence electrons. The van der Waals surface area contributed by atoms with Gasteiger partial charge in [-0.2, -0.15) is 0 Å². The second-order valence-electron chi connectivity index (χ2n) is 4.34. The third-order valence-electron chi connectivity index (χ3n) is 3.09. The highest BCUT2D eigenvalue weighted by atomic mass is 79.9. The summed E-state index contributed by atoms with van der Waals surface area (Å²) in [5.74, 6) is -0.449. The molecule has 0 saturated heterocycles. The smallest absolute Gasteiger partial charge is 0.142 e. The fourth-order valence-electron chi connectivity index (χ4n) is 2.09. The van der Waals surface area contributed by atoms with E-state index in [0.717, 1.165) is 20.1 Å². The maximum Gasteiger partial charge on any atom is 0.142 e. The summed E-state index contributed by atoms with van der Waals surface area (Å²) in [4.78, 5) is 0. The SMILES string of the molecule is Fc1cc(C(Cl)c2csc3c(Br)cccc23)ccc1Cl. The Balaban J connectivity index is 2.10. The van der Waals surface area contributed by atoms with Crippen LogP contribution in [0.1, 0.15) is 16.5 Å². The molecule has 2 aromatic carbocycles. The molecule has 3 rings (SSSR count). The lowest BCUT2D eigenvalue weighted by atomic mass is 10.0. The third-order valence-corrected chi connectivity index (χ3v) is 5.86. The largest absolute Gasteiger partial charge is 0.205 e. The molecule has 0 fully saturated rings. The van der Waals surface area contributed by atoms with Gasteiger partial charge in [-0.3, -0.25) is 0 Å². The lowest BCUT2D eigenvalue weighted by Gasteiger charge is -2.10. The van der Waals surface area contributed by atoms with Crippen LogP contribution in [0.25, 0.3) is 10.1 Å². The zero-order chi connectivity index (χ0) is 14.3. The molecule has 0 nitrogen and oxygen atoms in total. The minimum absolute atomic E-state index is 0.107. The molecular formula is C15H8BrCl2FS. The van der Waals surface area contributed by atoms with Gasteiger partial charge in [0.25, 0.3) is 0 Å². The molecule has 0 saturated carbocycles. The topological polar surface area (TPSA) is 0 Å². The Kier molecular flexibility index (Phi) is 4.04. The minimum Gasteiger partial charge on any atom is -0.205 e. The first-order chi connectivity index (χ1) is 9.58. The van der Waals surface area contributed by atoms with E-state index in [0.29, 0.717) is 5.56 Å². The van der Waals surface area contributed by atoms with Crippen LogP contribution in [-0.2, 0) is 0 Å². The van der Waals surface area contributed by atoms with Gasteiger partial charge in [0.2, 0.25) is 0 Å². The Morgan fingerprint density at radius 2 is 2.00 bits per heavy atom. The zero-order valence-electron chi connectivity index (χ0n) is 10.0. The van der Waals surface area contributed by atoms with Gasteiger partial charge in [-0.15, -0.1) is 22.9 Å². The van der Waals surface area contributed by atoms with E-state index >= 15 is 0 Å². The van der Waals surface area contributed by atoms with Crippen LogP contribution in [0.4, 0.5) is 4.39 Å². The van der Waals surface area contributed by atoms with Gasteiger partial charge in [0.15, 0.2) is 0 Å². The number of hydrogen-bond donors (Lipinski definition) is 0. The second-order valence-corrected chi connectivity index (χ2v) is 6.92. The Morgan fingerprint density at radius 3 is 2.75 bits per heavy atom. The Bertz CT molecular complexity index is 785. The van der Waals surface area contributed by atoms with Gasteiger partial charge in [0.05, 0.1) is 10.4 Å². The number of benzene rings is 2. The van der Waals surface area contributed by atoms with E-state index in [-0.39, 0.29) is 5.02 Å². The summed E-state index contributed by atoms with van der Waals surface area (Å²) in [6.45, 7) is 0. The van der Waals surface area contributed by atoms with Crippen LogP contribution in [0.2, 0.25) is 5.02 Å². The summed E-state index contributed by atoms with van der Waals surface area (Å²) in [5.41, 5.74) is 1.68. The molecule has 0 aliphatic heterocycles. The van der Waals surface area contributed by atoms with E-state index in [9.17, 15) is 4.39 Å². The molecule has 5 heteroatoms. The van der Waals surface area contributed by atoms with Crippen LogP contribution in [-0.4, -0.2) is 0 Å². The van der Waals surface area contributed by atoms with Crippen molar-refractivity contribution in [1.82, 2.24) is 0 Å². The molecule has 0 aliphatic carbocycles. The van der Waals surface area contributed by atoms with Crippen molar-refractivity contribution in [2.24, 2.45) is 0 Å². The second kappa shape index (κ2) is 5.64. The Morgan fingerprint density at radius 1 is 1.20 bits per heavy atom. The standard InChI is InChI=1S/C15H8BrCl2FS/c16-11-3-1-2-9-10(7-20-15(9)11)14(18)8-4-5-12(17)13(19)6-8/h1-7,14H. The van der Waals surface area contributed by atoms with Gasteiger partial charge in [0.1, 0.15) is 5.82 Å². The van der Waals surface area contributed by atoms with Gasteiger partial charge in [0, 0.05) is 9.17 Å². The Labute approximate surface area is 138 Å². The van der Waals surface area contributed by atoms with Gasteiger partial charge >= 0.3 is 0 Å². The number of halogens is 4. The number of fused-ring (bicyclic) bond motifs is 1. The fraction of sp³-hybridized carbons (Fsp3) is 0.0667. The summed E-state index contributed by atoms with van der Waals surface area (Å²) in [6.07, 6.45) is 0. The van der Waals surface area contributed by atoms with Crippen LogP contribution in [0.15, 0.2) is 46.3 Å². The molecule has 0 N–H and O–H groups in total. The third kappa shape index (κ3) is 2.48. The molecule has 0 bridgehead atoms. The lowest BCUT2D eigenvalue weighted by molar-refractivity contribution is 0.626. The fourth-order valence-corrected chi connectivity index (χ4v) is 4.24. The quantitative estimate of drug-likeness (QED) is 0.423. The van der Waals surface area contributed by atoms with Crippen LogP contribution in [0, 0.1) is 5.82 Å². The lowest BCUT2D eigenvalue weighted by Crippen LogP contribution is -1.93. The molecule has 3 aromatic rings. The van der Waals surface area contributed by atoms with Crippen LogP contribution in [0.5, 0.6) is 0 Å². The molecule has 0 radical (unpaired) electrons. The molecule has 1 heterocycles. The summed E-state index contributed by atoms with van der Waals surface area (Å²) in [5, 5.41) is 2.81. The number of thiophene rings is 1. The van der Waals surface area contributed by atoms with Crippen LogP contribution in [0.3, 0.4) is 0 Å². The Hall–Kier alpha value is -0.610. The molecule has 1 unspecified atom stereocenters. The molecule has 1 aromatic heterocycles. The van der Waals surface area contributed by atoms with Crippen molar-refractivity contribution >= 4 is 60.6 Å². The van der Waals surface area contributed by atoms with Gasteiger partial charge in [-0.05, 0) is 56.0 Å². The van der Waals surface area contributed by atoms with Crippen molar-refractivity contribution in [3.63, 3.8) is 0 Å². The van der Waals surface area contributed by atoms with Gasteiger partial charge < -0.3 is 0 Å². The normalized spacial score (nSPS) is 12.8. The predicted molar refractivity (Wildman–Crippen MR) is 88.6 cm³/mol. The maximum atomic E-state index is 13.6. The van der Waals surface area contributed by atoms with E-state index in [1.54, 1.807) is 17.4 Å². The first kappa shape index (κ1) is 14.3. The average molecular weight is 390 g/mol. The van der Waals surface area contributed by atoms with E-state index in [2.05, 4.69) is 15.9 Å². The molecule has 0 aliphatic rings. The molecule has 0 amide bonds. The molecule has 0 spiro atoms. The predicted octanol–water partition coefficient (Wildman–Crippen LogP) is 6.78. The summed E-state index contributed by atoms with van der Waals surface area (Å²) in [7, 11) is 0. The van der Waals surface area contributed by atoms with Crippen molar-refractivity contribution in [2.75, 3.05) is 0 Å². The van der Waals surface area contributed by atoms with Gasteiger partial charge in [-0.25, -0.2) is 4.39 Å². The van der Waals surface area contributed by atoms with Crippen molar-refractivity contribution in [3.05, 3.63) is 68.2 Å². The maximum absolute atomic E-state index is 13.6. The summed E-state index contributed by atoms with van der Waals surface area (Å²) < 4.78 is 15.7. The highest BCUT2D eigenvalue weighted by Crippen LogP contribution is 2.40. The van der Waals surface area contributed by atoms with E-state index in [1.165, 1.54) is 12.1 Å².